The predicted molar refractivity (Wildman–Crippen MR) is 93.2 cm³/mol. The number of methoxy groups -OCH3 is 1. The van der Waals surface area contributed by atoms with E-state index in [1.165, 1.54) is 19.6 Å². The van der Waals surface area contributed by atoms with Crippen LogP contribution in [0.3, 0.4) is 0 Å². The molecule has 0 amide bonds. The number of benzene rings is 1. The molecule has 1 aliphatic heterocycles. The summed E-state index contributed by atoms with van der Waals surface area (Å²) in [4.78, 5) is 6.63. The van der Waals surface area contributed by atoms with E-state index in [4.69, 9.17) is 10.5 Å². The number of ether oxygens (including phenoxy) is 2. The van der Waals surface area contributed by atoms with E-state index < -0.39 is 6.61 Å². The minimum Gasteiger partial charge on any atom is -0.497 e. The topological polar surface area (TPSA) is 72.1 Å². The number of likely N-dealkylation sites (N-methyl/N-ethyl adjacent to an activating group) is 1. The molecule has 2 rings (SSSR count). The van der Waals surface area contributed by atoms with Gasteiger partial charge in [0, 0.05) is 18.2 Å². The zero-order valence-corrected chi connectivity index (χ0v) is 14.7. The van der Waals surface area contributed by atoms with Crippen molar-refractivity contribution in [3.8, 4) is 11.5 Å². The molecule has 140 valence electrons. The summed E-state index contributed by atoms with van der Waals surface area (Å²) in [7, 11) is 1.51. The molecule has 0 aliphatic carbocycles. The third-order valence-electron chi connectivity index (χ3n) is 4.33. The molecule has 25 heavy (non-hydrogen) atoms. The van der Waals surface area contributed by atoms with Crippen molar-refractivity contribution in [3.05, 3.63) is 23.8 Å². The molecule has 0 bridgehead atoms. The molecule has 1 heterocycles. The fourth-order valence-electron chi connectivity index (χ4n) is 3.01. The van der Waals surface area contributed by atoms with Crippen LogP contribution in [0.25, 0.3) is 0 Å². The first kappa shape index (κ1) is 19.2. The van der Waals surface area contributed by atoms with E-state index in [-0.39, 0.29) is 18.3 Å². The molecule has 0 saturated carbocycles. The van der Waals surface area contributed by atoms with Crippen LogP contribution in [0.4, 0.5) is 8.78 Å². The van der Waals surface area contributed by atoms with E-state index in [9.17, 15) is 8.78 Å². The second kappa shape index (κ2) is 9.41. The molecule has 8 heteroatoms. The number of nitrogens with one attached hydrogen (secondary N) is 1. The molecule has 1 aliphatic rings. The average Bonchev–Trinajstić information content (AvgIpc) is 3.06. The third kappa shape index (κ3) is 5.74. The minimum absolute atomic E-state index is 0.0697. The largest absolute Gasteiger partial charge is 0.497 e. The Balaban J connectivity index is 1.96. The first-order chi connectivity index (χ1) is 12.0. The number of alkyl halides is 2. The maximum Gasteiger partial charge on any atom is 0.387 e. The maximum absolute atomic E-state index is 12.5. The molecular weight excluding hydrogens is 330 g/mol. The van der Waals surface area contributed by atoms with Gasteiger partial charge in [-0.05, 0) is 44.1 Å². The van der Waals surface area contributed by atoms with Gasteiger partial charge in [0.1, 0.15) is 11.5 Å². The van der Waals surface area contributed by atoms with E-state index in [0.29, 0.717) is 17.4 Å². The third-order valence-corrected chi connectivity index (χ3v) is 4.33. The van der Waals surface area contributed by atoms with Crippen LogP contribution in [-0.2, 0) is 6.54 Å². The summed E-state index contributed by atoms with van der Waals surface area (Å²) < 4.78 is 34.7. The molecular formula is C17H26F2N4O2. The van der Waals surface area contributed by atoms with Crippen molar-refractivity contribution < 1.29 is 18.3 Å². The summed E-state index contributed by atoms with van der Waals surface area (Å²) in [6.07, 6.45) is 2.33. The van der Waals surface area contributed by atoms with Crippen LogP contribution in [0.5, 0.6) is 11.5 Å². The van der Waals surface area contributed by atoms with Gasteiger partial charge in [-0.1, -0.05) is 6.92 Å². The highest BCUT2D eigenvalue weighted by atomic mass is 19.3. The fraction of sp³-hybridized carbons (Fsp3) is 0.588. The number of likely N-dealkylation sites (tertiary alicyclic amines) is 1. The molecule has 1 atom stereocenters. The zero-order chi connectivity index (χ0) is 18.2. The van der Waals surface area contributed by atoms with Gasteiger partial charge in [-0.3, -0.25) is 4.90 Å². The van der Waals surface area contributed by atoms with Crippen LogP contribution in [0, 0.1) is 0 Å². The van der Waals surface area contributed by atoms with Crippen LogP contribution in [0.15, 0.2) is 23.2 Å². The van der Waals surface area contributed by atoms with E-state index >= 15 is 0 Å². The first-order valence-electron chi connectivity index (χ1n) is 8.43. The molecule has 3 N–H and O–H groups in total. The van der Waals surface area contributed by atoms with Crippen LogP contribution in [0.1, 0.15) is 25.3 Å². The minimum atomic E-state index is -2.89. The Kier molecular flexibility index (Phi) is 7.24. The van der Waals surface area contributed by atoms with E-state index in [0.717, 1.165) is 26.1 Å². The molecule has 1 saturated heterocycles. The van der Waals surface area contributed by atoms with E-state index in [1.54, 1.807) is 12.1 Å². The Labute approximate surface area is 147 Å². The molecule has 1 unspecified atom stereocenters. The lowest BCUT2D eigenvalue weighted by atomic mass is 10.2. The second-order valence-electron chi connectivity index (χ2n) is 5.86. The number of hydrogen-bond donors (Lipinski definition) is 2. The summed E-state index contributed by atoms with van der Waals surface area (Å²) in [6, 6.07) is 5.07. The molecule has 1 aromatic rings. The average molecular weight is 356 g/mol. The van der Waals surface area contributed by atoms with Gasteiger partial charge in [0.15, 0.2) is 5.96 Å². The number of nitrogens with two attached hydrogens (primary N) is 1. The molecule has 1 aromatic carbocycles. The lowest BCUT2D eigenvalue weighted by molar-refractivity contribution is -0.0504. The van der Waals surface area contributed by atoms with Gasteiger partial charge >= 0.3 is 6.61 Å². The summed E-state index contributed by atoms with van der Waals surface area (Å²) in [5, 5.41) is 3.11. The molecule has 1 fully saturated rings. The van der Waals surface area contributed by atoms with Crippen LogP contribution < -0.4 is 20.5 Å². The highest BCUT2D eigenvalue weighted by Crippen LogP contribution is 2.26. The number of nitrogens with zero attached hydrogens (tertiary/aromatic N) is 2. The predicted octanol–water partition coefficient (Wildman–Crippen LogP) is 2.19. The Bertz CT molecular complexity index is 584. The zero-order valence-electron chi connectivity index (χ0n) is 14.7. The Hall–Kier alpha value is -2.09. The summed E-state index contributed by atoms with van der Waals surface area (Å²) in [6.45, 7) is 2.22. The van der Waals surface area contributed by atoms with Crippen molar-refractivity contribution in [1.82, 2.24) is 10.2 Å². The maximum atomic E-state index is 12.5. The highest BCUT2D eigenvalue weighted by molar-refractivity contribution is 5.77. The van der Waals surface area contributed by atoms with E-state index in [2.05, 4.69) is 26.9 Å². The van der Waals surface area contributed by atoms with Gasteiger partial charge in [0.2, 0.25) is 0 Å². The lowest BCUT2D eigenvalue weighted by Gasteiger charge is -2.23. The lowest BCUT2D eigenvalue weighted by Crippen LogP contribution is -2.42. The van der Waals surface area contributed by atoms with Gasteiger partial charge < -0.3 is 20.5 Å². The van der Waals surface area contributed by atoms with Crippen molar-refractivity contribution in [2.45, 2.75) is 39.0 Å². The van der Waals surface area contributed by atoms with Crippen LogP contribution in [0.2, 0.25) is 0 Å². The Morgan fingerprint density at radius 1 is 1.48 bits per heavy atom. The number of guanidine groups is 1. The fourth-order valence-corrected chi connectivity index (χ4v) is 3.01. The SMILES string of the molecule is CCN1CCCC1CNC(N)=NCc1cc(OC)ccc1OC(F)F. The monoisotopic (exact) mass is 356 g/mol. The second-order valence-corrected chi connectivity index (χ2v) is 5.86. The Morgan fingerprint density at radius 3 is 2.96 bits per heavy atom. The molecule has 0 aromatic heterocycles. The molecule has 0 spiro atoms. The summed E-state index contributed by atoms with van der Waals surface area (Å²) in [5.74, 6) is 0.900. The first-order valence-corrected chi connectivity index (χ1v) is 8.43. The van der Waals surface area contributed by atoms with E-state index in [1.807, 2.05) is 0 Å². The van der Waals surface area contributed by atoms with Gasteiger partial charge in [-0.2, -0.15) is 8.78 Å². The van der Waals surface area contributed by atoms with Gasteiger partial charge in [-0.15, -0.1) is 0 Å². The van der Waals surface area contributed by atoms with Crippen LogP contribution in [-0.4, -0.2) is 50.3 Å². The number of aliphatic imine (C=N–C) groups is 1. The number of hydrogen-bond acceptors (Lipinski definition) is 4. The molecule has 0 radical (unpaired) electrons. The van der Waals surface area contributed by atoms with Crippen molar-refractivity contribution in [3.63, 3.8) is 0 Å². The number of rotatable bonds is 8. The molecule has 6 nitrogen and oxygen atoms in total. The van der Waals surface area contributed by atoms with Crippen molar-refractivity contribution in [1.29, 1.82) is 0 Å². The van der Waals surface area contributed by atoms with Crippen molar-refractivity contribution in [2.24, 2.45) is 10.7 Å². The standard InChI is InChI=1S/C17H26F2N4O2/c1-3-23-8-4-5-13(23)11-22-17(20)21-10-12-9-14(24-2)6-7-15(12)25-16(18)19/h6-7,9,13,16H,3-5,8,10-11H2,1-2H3,(H3,20,21,22). The number of halogens is 2. The Morgan fingerprint density at radius 2 is 2.28 bits per heavy atom. The summed E-state index contributed by atoms with van der Waals surface area (Å²) >= 11 is 0. The van der Waals surface area contributed by atoms with Crippen molar-refractivity contribution in [2.75, 3.05) is 26.7 Å². The van der Waals surface area contributed by atoms with Crippen molar-refractivity contribution >= 4 is 5.96 Å². The smallest absolute Gasteiger partial charge is 0.387 e. The van der Waals surface area contributed by atoms with Crippen LogP contribution >= 0.6 is 0 Å². The highest BCUT2D eigenvalue weighted by Gasteiger charge is 2.22. The quantitative estimate of drug-likeness (QED) is 0.552. The van der Waals surface area contributed by atoms with Gasteiger partial charge in [0.05, 0.1) is 13.7 Å². The summed E-state index contributed by atoms with van der Waals surface area (Å²) in [5.41, 5.74) is 6.40. The van der Waals surface area contributed by atoms with Gasteiger partial charge in [-0.25, -0.2) is 4.99 Å². The normalized spacial score (nSPS) is 18.6. The van der Waals surface area contributed by atoms with Gasteiger partial charge in [0.25, 0.3) is 0 Å².